The molecule has 1 fully saturated rings. The third-order valence-corrected chi connectivity index (χ3v) is 5.99. The van der Waals surface area contributed by atoms with Gasteiger partial charge in [0.15, 0.2) is 5.03 Å². The Hall–Kier alpha value is -2.85. The van der Waals surface area contributed by atoms with Crippen molar-refractivity contribution in [2.45, 2.75) is 19.4 Å². The van der Waals surface area contributed by atoms with Crippen molar-refractivity contribution in [1.82, 2.24) is 4.31 Å². The fourth-order valence-electron chi connectivity index (χ4n) is 3.56. The average molecular weight is 403 g/mol. The second kappa shape index (κ2) is 8.66. The molecule has 1 unspecified atom stereocenters. The van der Waals surface area contributed by atoms with Crippen LogP contribution in [0.2, 0.25) is 0 Å². The molecule has 2 aliphatic heterocycles. The summed E-state index contributed by atoms with van der Waals surface area (Å²) >= 11 is 1.72. The first-order valence-electron chi connectivity index (χ1n) is 9.73. The maximum Gasteiger partial charge on any atom is 0.177 e. The van der Waals surface area contributed by atoms with Gasteiger partial charge in [-0.25, -0.2) is 4.31 Å². The SMILES string of the molecule is C/C=C\C=C(/[NH3+])SN1CCC(Nc2cc(-c3cccc(C#N)c3)cc3c2N=C3)C1. The zero-order chi connectivity index (χ0) is 20.2. The number of anilines is 1. The summed E-state index contributed by atoms with van der Waals surface area (Å²) < 4.78 is 2.36. The van der Waals surface area contributed by atoms with Crippen LogP contribution >= 0.6 is 11.9 Å². The Bertz CT molecular complexity index is 1050. The van der Waals surface area contributed by atoms with E-state index in [1.165, 1.54) is 0 Å². The van der Waals surface area contributed by atoms with E-state index >= 15 is 0 Å². The number of aliphatic imine (C=N–C) groups is 1. The summed E-state index contributed by atoms with van der Waals surface area (Å²) in [7, 11) is 0. The second-order valence-electron chi connectivity index (χ2n) is 7.18. The Morgan fingerprint density at radius 1 is 1.34 bits per heavy atom. The van der Waals surface area contributed by atoms with Gasteiger partial charge in [0.1, 0.15) is 0 Å². The lowest BCUT2D eigenvalue weighted by Gasteiger charge is -2.22. The summed E-state index contributed by atoms with van der Waals surface area (Å²) in [5, 5.41) is 13.9. The summed E-state index contributed by atoms with van der Waals surface area (Å²) in [4.78, 5) is 4.46. The number of hydrogen-bond acceptors (Lipinski definition) is 5. The highest BCUT2D eigenvalue weighted by atomic mass is 32.2. The zero-order valence-electron chi connectivity index (χ0n) is 16.4. The third-order valence-electron chi connectivity index (χ3n) is 5.03. The highest BCUT2D eigenvalue weighted by Gasteiger charge is 2.26. The number of hydrogen-bond donors (Lipinski definition) is 2. The van der Waals surface area contributed by atoms with Gasteiger partial charge in [0.25, 0.3) is 0 Å². The van der Waals surface area contributed by atoms with Crippen LogP contribution in [0.1, 0.15) is 24.5 Å². The van der Waals surface area contributed by atoms with E-state index in [1.54, 1.807) is 11.9 Å². The van der Waals surface area contributed by atoms with E-state index in [0.29, 0.717) is 11.6 Å². The number of nitriles is 1. The van der Waals surface area contributed by atoms with Crippen molar-refractivity contribution in [2.24, 2.45) is 4.99 Å². The molecule has 6 heteroatoms. The van der Waals surface area contributed by atoms with Gasteiger partial charge in [0.05, 0.1) is 23.0 Å². The van der Waals surface area contributed by atoms with Crippen LogP contribution in [0.5, 0.6) is 0 Å². The van der Waals surface area contributed by atoms with Crippen LogP contribution in [0.3, 0.4) is 0 Å². The molecule has 2 aromatic rings. The fraction of sp³-hybridized carbons (Fsp3) is 0.217. The van der Waals surface area contributed by atoms with Gasteiger partial charge in [-0.15, -0.1) is 0 Å². The molecule has 146 valence electrons. The Morgan fingerprint density at radius 2 is 2.24 bits per heavy atom. The average Bonchev–Trinajstić information content (AvgIpc) is 3.14. The summed E-state index contributed by atoms with van der Waals surface area (Å²) in [5.41, 5.74) is 10.2. The molecule has 5 nitrogen and oxygen atoms in total. The lowest BCUT2D eigenvalue weighted by Crippen LogP contribution is -2.47. The van der Waals surface area contributed by atoms with Gasteiger partial charge >= 0.3 is 0 Å². The monoisotopic (exact) mass is 402 g/mol. The Labute approximate surface area is 175 Å². The molecule has 0 spiro atoms. The molecule has 2 aromatic carbocycles. The lowest BCUT2D eigenvalue weighted by atomic mass is 9.97. The van der Waals surface area contributed by atoms with Gasteiger partial charge in [-0.3, -0.25) is 4.99 Å². The number of nitrogens with zero attached hydrogens (tertiary/aromatic N) is 3. The lowest BCUT2D eigenvalue weighted by molar-refractivity contribution is -0.284. The molecule has 1 saturated heterocycles. The highest BCUT2D eigenvalue weighted by Crippen LogP contribution is 2.39. The predicted molar refractivity (Wildman–Crippen MR) is 121 cm³/mol. The van der Waals surface area contributed by atoms with E-state index in [1.807, 2.05) is 55.6 Å². The molecule has 4 N–H and O–H groups in total. The van der Waals surface area contributed by atoms with Crippen molar-refractivity contribution in [3.63, 3.8) is 0 Å². The fourth-order valence-corrected chi connectivity index (χ4v) is 4.48. The van der Waals surface area contributed by atoms with Crippen LogP contribution in [0.15, 0.2) is 64.6 Å². The number of quaternary nitrogens is 1. The molecular weight excluding hydrogens is 378 g/mol. The van der Waals surface area contributed by atoms with E-state index < -0.39 is 0 Å². The maximum absolute atomic E-state index is 9.20. The summed E-state index contributed by atoms with van der Waals surface area (Å²) in [5.74, 6) is 0. The minimum atomic E-state index is 0.373. The smallest absolute Gasteiger partial charge is 0.177 e. The normalized spacial score (nSPS) is 18.5. The Morgan fingerprint density at radius 3 is 3.00 bits per heavy atom. The second-order valence-corrected chi connectivity index (χ2v) is 8.40. The number of benzene rings is 2. The summed E-state index contributed by atoms with van der Waals surface area (Å²) in [6.45, 7) is 3.99. The first kappa shape index (κ1) is 19.5. The molecule has 0 bridgehead atoms. The van der Waals surface area contributed by atoms with Crippen LogP contribution in [-0.2, 0) is 0 Å². The topological polar surface area (TPSA) is 79.1 Å². The van der Waals surface area contributed by atoms with E-state index in [-0.39, 0.29) is 0 Å². The van der Waals surface area contributed by atoms with Crippen molar-refractivity contribution in [1.29, 1.82) is 5.26 Å². The van der Waals surface area contributed by atoms with Gasteiger partial charge in [-0.2, -0.15) is 5.26 Å². The van der Waals surface area contributed by atoms with Crippen molar-refractivity contribution in [3.05, 3.63) is 70.8 Å². The standard InChI is InChI=1S/C23H23N5S/c1-2-3-7-22(25)29-28-9-8-20(15-28)27-21-12-18(11-19-14-26-23(19)21)17-6-4-5-16(10-17)13-24/h2-7,10-12,14,20,27H,8-9,15,25H2,1H3/p+1/b3-2-,22-7+. The van der Waals surface area contributed by atoms with Gasteiger partial charge in [-0.1, -0.05) is 24.3 Å². The van der Waals surface area contributed by atoms with Gasteiger partial charge < -0.3 is 11.1 Å². The number of nitrogens with one attached hydrogen (secondary N) is 1. The molecule has 2 heterocycles. The van der Waals surface area contributed by atoms with Crippen LogP contribution in [0.4, 0.5) is 11.4 Å². The van der Waals surface area contributed by atoms with Crippen LogP contribution in [0.25, 0.3) is 11.1 Å². The summed E-state index contributed by atoms with van der Waals surface area (Å²) in [6.07, 6.45) is 9.05. The van der Waals surface area contributed by atoms with Crippen LogP contribution < -0.4 is 11.1 Å². The minimum Gasteiger partial charge on any atom is -0.379 e. The van der Waals surface area contributed by atoms with Gasteiger partial charge in [0.2, 0.25) is 0 Å². The van der Waals surface area contributed by atoms with Gasteiger partial charge in [-0.05, 0) is 48.7 Å². The quantitative estimate of drug-likeness (QED) is 0.481. The zero-order valence-corrected chi connectivity index (χ0v) is 17.2. The molecule has 0 amide bonds. The van der Waals surface area contributed by atoms with Crippen molar-refractivity contribution < 1.29 is 5.73 Å². The first-order valence-corrected chi connectivity index (χ1v) is 10.5. The largest absolute Gasteiger partial charge is 0.379 e. The maximum atomic E-state index is 9.20. The first-order chi connectivity index (χ1) is 14.2. The van der Waals surface area contributed by atoms with Crippen molar-refractivity contribution in [3.8, 4) is 17.2 Å². The van der Waals surface area contributed by atoms with Crippen molar-refractivity contribution in [2.75, 3.05) is 18.4 Å². The molecular formula is C23H24N5S+. The van der Waals surface area contributed by atoms with E-state index in [2.05, 4.69) is 38.6 Å². The molecule has 1 atom stereocenters. The molecule has 0 radical (unpaired) electrons. The molecule has 4 rings (SSSR count). The van der Waals surface area contributed by atoms with E-state index in [0.717, 1.165) is 52.6 Å². The summed E-state index contributed by atoms with van der Waals surface area (Å²) in [6, 6.07) is 14.6. The molecule has 0 aromatic heterocycles. The third kappa shape index (κ3) is 4.43. The molecule has 2 aliphatic rings. The molecule has 29 heavy (non-hydrogen) atoms. The van der Waals surface area contributed by atoms with Crippen molar-refractivity contribution >= 4 is 29.5 Å². The van der Waals surface area contributed by atoms with E-state index in [4.69, 9.17) is 0 Å². The Kier molecular flexibility index (Phi) is 5.81. The highest BCUT2D eigenvalue weighted by molar-refractivity contribution is 8.00. The molecule has 0 saturated carbocycles. The minimum absolute atomic E-state index is 0.373. The van der Waals surface area contributed by atoms with Crippen LogP contribution in [0, 0.1) is 11.3 Å². The van der Waals surface area contributed by atoms with Gasteiger partial charge in [0, 0.05) is 48.9 Å². The number of allylic oxidation sites excluding steroid dienone is 3. The Balaban J connectivity index is 1.49. The number of rotatable bonds is 6. The predicted octanol–water partition coefficient (Wildman–Crippen LogP) is 4.08. The number of fused-ring (bicyclic) bond motifs is 1. The van der Waals surface area contributed by atoms with E-state index in [9.17, 15) is 5.26 Å². The van der Waals surface area contributed by atoms with Crippen LogP contribution in [-0.4, -0.2) is 29.7 Å². The molecule has 0 aliphatic carbocycles.